The van der Waals surface area contributed by atoms with Crippen LogP contribution in [0.3, 0.4) is 0 Å². The van der Waals surface area contributed by atoms with E-state index in [0.29, 0.717) is 0 Å². The van der Waals surface area contributed by atoms with Gasteiger partial charge < -0.3 is 0 Å². The fraction of sp³-hybridized carbons (Fsp3) is 0.556. The maximum atomic E-state index is 5.24. The lowest BCUT2D eigenvalue weighted by atomic mass is 10.0. The van der Waals surface area contributed by atoms with E-state index in [9.17, 15) is 0 Å². The van der Waals surface area contributed by atoms with Gasteiger partial charge in [0, 0.05) is 6.42 Å². The molecule has 1 aromatic carbocycles. The van der Waals surface area contributed by atoms with Gasteiger partial charge in [0.15, 0.2) is 0 Å². The first-order chi connectivity index (χ1) is 8.86. The van der Waals surface area contributed by atoms with Crippen molar-refractivity contribution in [3.8, 4) is 12.3 Å². The summed E-state index contributed by atoms with van der Waals surface area (Å²) in [6.45, 7) is 2.25. The highest BCUT2D eigenvalue weighted by molar-refractivity contribution is 5.22. The van der Waals surface area contributed by atoms with Crippen molar-refractivity contribution in [1.82, 2.24) is 0 Å². The quantitative estimate of drug-likeness (QED) is 0.415. The number of unbranched alkanes of at least 4 members (excludes halogenated alkanes) is 5. The minimum Gasteiger partial charge on any atom is -0.120 e. The van der Waals surface area contributed by atoms with E-state index >= 15 is 0 Å². The number of terminal acetylenes is 1. The standard InChI is InChI=1S/C18H26/c1-3-5-7-8-10-12-18-15-13-17(14-16-18)11-9-6-4-2/h1,13-16H,4-12H2,2H3. The summed E-state index contributed by atoms with van der Waals surface area (Å²) < 4.78 is 0. The van der Waals surface area contributed by atoms with Crippen LogP contribution < -0.4 is 0 Å². The molecule has 0 fully saturated rings. The van der Waals surface area contributed by atoms with E-state index < -0.39 is 0 Å². The van der Waals surface area contributed by atoms with Crippen molar-refractivity contribution in [3.63, 3.8) is 0 Å². The molecule has 0 atom stereocenters. The first-order valence-electron chi connectivity index (χ1n) is 7.38. The van der Waals surface area contributed by atoms with E-state index in [1.165, 1.54) is 62.5 Å². The van der Waals surface area contributed by atoms with E-state index in [1.807, 2.05) is 0 Å². The predicted octanol–water partition coefficient (Wildman–Crippen LogP) is 5.16. The Morgan fingerprint density at radius 3 is 1.89 bits per heavy atom. The third-order valence-electron chi connectivity index (χ3n) is 3.38. The highest BCUT2D eigenvalue weighted by Crippen LogP contribution is 2.11. The second kappa shape index (κ2) is 9.77. The van der Waals surface area contributed by atoms with E-state index in [1.54, 1.807) is 0 Å². The lowest BCUT2D eigenvalue weighted by Crippen LogP contribution is -1.89. The van der Waals surface area contributed by atoms with Crippen LogP contribution in [0.25, 0.3) is 0 Å². The molecule has 0 unspecified atom stereocenters. The number of benzene rings is 1. The molecule has 0 aliphatic heterocycles. The average molecular weight is 242 g/mol. The second-order valence-corrected chi connectivity index (χ2v) is 5.04. The van der Waals surface area contributed by atoms with Crippen LogP contribution >= 0.6 is 0 Å². The fourth-order valence-corrected chi connectivity index (χ4v) is 2.18. The molecule has 0 N–H and O–H groups in total. The number of hydrogen-bond donors (Lipinski definition) is 0. The van der Waals surface area contributed by atoms with Gasteiger partial charge in [-0.1, -0.05) is 50.5 Å². The molecule has 0 heteroatoms. The number of hydrogen-bond acceptors (Lipinski definition) is 0. The van der Waals surface area contributed by atoms with Gasteiger partial charge in [0.1, 0.15) is 0 Å². The Morgan fingerprint density at radius 1 is 0.833 bits per heavy atom. The van der Waals surface area contributed by atoms with Crippen LogP contribution in [0.2, 0.25) is 0 Å². The van der Waals surface area contributed by atoms with Crippen molar-refractivity contribution in [2.24, 2.45) is 0 Å². The van der Waals surface area contributed by atoms with Crippen LogP contribution in [0.15, 0.2) is 24.3 Å². The zero-order valence-electron chi connectivity index (χ0n) is 11.8. The maximum absolute atomic E-state index is 5.24. The first-order valence-corrected chi connectivity index (χ1v) is 7.38. The molecule has 0 aliphatic carbocycles. The molecule has 0 aromatic heterocycles. The summed E-state index contributed by atoms with van der Waals surface area (Å²) in [6, 6.07) is 9.18. The molecule has 0 nitrogen and oxygen atoms in total. The van der Waals surface area contributed by atoms with Gasteiger partial charge in [0.05, 0.1) is 0 Å². The molecule has 98 valence electrons. The lowest BCUT2D eigenvalue weighted by Gasteiger charge is -2.04. The Bertz CT molecular complexity index is 339. The van der Waals surface area contributed by atoms with Crippen molar-refractivity contribution in [3.05, 3.63) is 35.4 Å². The first kappa shape index (κ1) is 14.8. The number of rotatable bonds is 9. The third kappa shape index (κ3) is 6.50. The number of aryl methyl sites for hydroxylation is 2. The SMILES string of the molecule is C#CCCCCCc1ccc(CCCCC)cc1. The third-order valence-corrected chi connectivity index (χ3v) is 3.38. The molecule has 0 saturated heterocycles. The van der Waals surface area contributed by atoms with Crippen LogP contribution in [0.4, 0.5) is 0 Å². The molecule has 18 heavy (non-hydrogen) atoms. The minimum absolute atomic E-state index is 0.927. The van der Waals surface area contributed by atoms with E-state index in [2.05, 4.69) is 37.1 Å². The van der Waals surface area contributed by atoms with E-state index in [4.69, 9.17) is 6.42 Å². The molecule has 0 bridgehead atoms. The Morgan fingerprint density at radius 2 is 1.39 bits per heavy atom. The van der Waals surface area contributed by atoms with Crippen LogP contribution in [-0.2, 0) is 12.8 Å². The fourth-order valence-electron chi connectivity index (χ4n) is 2.18. The highest BCUT2D eigenvalue weighted by atomic mass is 14.0. The smallest absolute Gasteiger partial charge is 0.00860 e. The molecular formula is C18H26. The Kier molecular flexibility index (Phi) is 8.06. The summed E-state index contributed by atoms with van der Waals surface area (Å²) in [6.07, 6.45) is 16.2. The molecular weight excluding hydrogens is 216 g/mol. The van der Waals surface area contributed by atoms with Gasteiger partial charge in [-0.15, -0.1) is 12.3 Å². The summed E-state index contributed by atoms with van der Waals surface area (Å²) in [5.41, 5.74) is 2.95. The van der Waals surface area contributed by atoms with Gasteiger partial charge in [0.2, 0.25) is 0 Å². The normalized spacial score (nSPS) is 10.2. The van der Waals surface area contributed by atoms with Crippen molar-refractivity contribution >= 4 is 0 Å². The lowest BCUT2D eigenvalue weighted by molar-refractivity contribution is 0.692. The zero-order valence-corrected chi connectivity index (χ0v) is 11.8. The maximum Gasteiger partial charge on any atom is 0.00860 e. The minimum atomic E-state index is 0.927. The van der Waals surface area contributed by atoms with Gasteiger partial charge in [-0.3, -0.25) is 0 Å². The van der Waals surface area contributed by atoms with E-state index in [-0.39, 0.29) is 0 Å². The van der Waals surface area contributed by atoms with Gasteiger partial charge in [0.25, 0.3) is 0 Å². The Hall–Kier alpha value is -1.22. The molecule has 0 aliphatic rings. The molecule has 1 rings (SSSR count). The van der Waals surface area contributed by atoms with Crippen LogP contribution in [-0.4, -0.2) is 0 Å². The Balaban J connectivity index is 2.21. The van der Waals surface area contributed by atoms with Crippen molar-refractivity contribution < 1.29 is 0 Å². The zero-order chi connectivity index (χ0) is 13.1. The van der Waals surface area contributed by atoms with Crippen LogP contribution in [0.1, 0.15) is 63.0 Å². The van der Waals surface area contributed by atoms with Crippen molar-refractivity contribution in [1.29, 1.82) is 0 Å². The topological polar surface area (TPSA) is 0 Å². The average Bonchev–Trinajstić information content (AvgIpc) is 2.40. The Labute approximate surface area is 113 Å². The van der Waals surface area contributed by atoms with Gasteiger partial charge in [-0.2, -0.15) is 0 Å². The second-order valence-electron chi connectivity index (χ2n) is 5.04. The summed E-state index contributed by atoms with van der Waals surface area (Å²) in [4.78, 5) is 0. The molecule has 0 spiro atoms. The van der Waals surface area contributed by atoms with E-state index in [0.717, 1.165) is 6.42 Å². The molecule has 0 radical (unpaired) electrons. The monoisotopic (exact) mass is 242 g/mol. The largest absolute Gasteiger partial charge is 0.120 e. The van der Waals surface area contributed by atoms with Crippen molar-refractivity contribution in [2.45, 2.75) is 64.7 Å². The highest BCUT2D eigenvalue weighted by Gasteiger charge is 1.96. The van der Waals surface area contributed by atoms with Gasteiger partial charge >= 0.3 is 0 Å². The van der Waals surface area contributed by atoms with Crippen LogP contribution in [0, 0.1) is 12.3 Å². The predicted molar refractivity (Wildman–Crippen MR) is 80.7 cm³/mol. The summed E-state index contributed by atoms with van der Waals surface area (Å²) in [5.74, 6) is 2.70. The van der Waals surface area contributed by atoms with Crippen molar-refractivity contribution in [2.75, 3.05) is 0 Å². The summed E-state index contributed by atoms with van der Waals surface area (Å²) in [5, 5.41) is 0. The van der Waals surface area contributed by atoms with Crippen LogP contribution in [0.5, 0.6) is 0 Å². The summed E-state index contributed by atoms with van der Waals surface area (Å²) in [7, 11) is 0. The van der Waals surface area contributed by atoms with Gasteiger partial charge in [-0.25, -0.2) is 0 Å². The molecule has 0 saturated carbocycles. The molecule has 0 amide bonds. The van der Waals surface area contributed by atoms with Gasteiger partial charge in [-0.05, 0) is 43.2 Å². The molecule has 0 heterocycles. The summed E-state index contributed by atoms with van der Waals surface area (Å²) >= 11 is 0. The molecule has 1 aromatic rings.